The standard InChI is InChI=1S/C16H19N3OS/c1-21-14-9-18-13-7-3-2-6-12(13)15(14)19-8-4-5-11(10-19)16(17)20/h2-3,6-7,9,11H,4-5,8,10H2,1H3,(H2,17,20)/t11-/m0/s1. The van der Waals surface area contributed by atoms with Gasteiger partial charge in [-0.05, 0) is 25.2 Å². The van der Waals surface area contributed by atoms with Gasteiger partial charge < -0.3 is 10.6 Å². The van der Waals surface area contributed by atoms with Gasteiger partial charge in [-0.2, -0.15) is 0 Å². The summed E-state index contributed by atoms with van der Waals surface area (Å²) in [5.74, 6) is -0.246. The van der Waals surface area contributed by atoms with E-state index in [1.807, 2.05) is 24.4 Å². The van der Waals surface area contributed by atoms with E-state index < -0.39 is 0 Å². The number of hydrogen-bond acceptors (Lipinski definition) is 4. The van der Waals surface area contributed by atoms with Crippen LogP contribution in [0.2, 0.25) is 0 Å². The highest BCUT2D eigenvalue weighted by Gasteiger charge is 2.26. The third-order valence-corrected chi connectivity index (χ3v) is 4.81. The Morgan fingerprint density at radius 2 is 2.24 bits per heavy atom. The number of rotatable bonds is 3. The third-order valence-electron chi connectivity index (χ3n) is 4.07. The second-order valence-corrected chi connectivity index (χ2v) is 6.23. The molecule has 0 radical (unpaired) electrons. The molecule has 1 aliphatic heterocycles. The van der Waals surface area contributed by atoms with Gasteiger partial charge in [-0.25, -0.2) is 0 Å². The maximum absolute atomic E-state index is 11.5. The summed E-state index contributed by atoms with van der Waals surface area (Å²) in [6.45, 7) is 1.67. The number of para-hydroxylation sites is 1. The molecule has 1 aromatic heterocycles. The van der Waals surface area contributed by atoms with Gasteiger partial charge in [-0.3, -0.25) is 9.78 Å². The Kier molecular flexibility index (Phi) is 4.01. The SMILES string of the molecule is CSc1cnc2ccccc2c1N1CCC[C@H](C(N)=O)C1. The average molecular weight is 301 g/mol. The molecular weight excluding hydrogens is 282 g/mol. The van der Waals surface area contributed by atoms with Crippen LogP contribution in [-0.2, 0) is 4.79 Å². The number of piperidine rings is 1. The molecule has 2 heterocycles. The average Bonchev–Trinajstić information content (AvgIpc) is 2.53. The van der Waals surface area contributed by atoms with Crippen LogP contribution in [0.15, 0.2) is 35.4 Å². The van der Waals surface area contributed by atoms with Gasteiger partial charge in [-0.1, -0.05) is 18.2 Å². The summed E-state index contributed by atoms with van der Waals surface area (Å²) in [6, 6.07) is 8.16. The van der Waals surface area contributed by atoms with Gasteiger partial charge in [0.1, 0.15) is 0 Å². The number of anilines is 1. The Labute approximate surface area is 128 Å². The molecule has 1 atom stereocenters. The molecule has 0 bridgehead atoms. The maximum Gasteiger partial charge on any atom is 0.222 e. The van der Waals surface area contributed by atoms with Crippen molar-refractivity contribution < 1.29 is 4.79 Å². The number of pyridine rings is 1. The second kappa shape index (κ2) is 5.93. The fourth-order valence-electron chi connectivity index (χ4n) is 3.00. The van der Waals surface area contributed by atoms with Crippen LogP contribution < -0.4 is 10.6 Å². The Hall–Kier alpha value is -1.75. The predicted octanol–water partition coefficient (Wildman–Crippen LogP) is 2.66. The van der Waals surface area contributed by atoms with Crippen molar-refractivity contribution in [1.29, 1.82) is 0 Å². The molecule has 4 nitrogen and oxygen atoms in total. The molecule has 1 fully saturated rings. The highest BCUT2D eigenvalue weighted by Crippen LogP contribution is 2.36. The molecule has 0 unspecified atom stereocenters. The van der Waals surface area contributed by atoms with E-state index in [1.165, 1.54) is 5.69 Å². The summed E-state index contributed by atoms with van der Waals surface area (Å²) < 4.78 is 0. The number of carbonyl (C=O) groups excluding carboxylic acids is 1. The molecule has 0 saturated carbocycles. The molecule has 2 aromatic rings. The highest BCUT2D eigenvalue weighted by atomic mass is 32.2. The quantitative estimate of drug-likeness (QED) is 0.886. The van der Waals surface area contributed by atoms with Crippen LogP contribution in [0.5, 0.6) is 0 Å². The van der Waals surface area contributed by atoms with Crippen molar-refractivity contribution >= 4 is 34.3 Å². The lowest BCUT2D eigenvalue weighted by molar-refractivity contribution is -0.122. The fourth-order valence-corrected chi connectivity index (χ4v) is 3.59. The molecule has 0 spiro atoms. The van der Waals surface area contributed by atoms with Crippen LogP contribution in [-0.4, -0.2) is 30.2 Å². The van der Waals surface area contributed by atoms with Crippen LogP contribution in [0.1, 0.15) is 12.8 Å². The van der Waals surface area contributed by atoms with Crippen molar-refractivity contribution in [2.24, 2.45) is 11.7 Å². The third kappa shape index (κ3) is 2.70. The molecule has 0 aliphatic carbocycles. The summed E-state index contributed by atoms with van der Waals surface area (Å²) in [4.78, 5) is 19.5. The number of benzene rings is 1. The number of hydrogen-bond donors (Lipinski definition) is 1. The van der Waals surface area contributed by atoms with E-state index in [9.17, 15) is 4.79 Å². The molecule has 5 heteroatoms. The lowest BCUT2D eigenvalue weighted by Gasteiger charge is -2.34. The first-order chi connectivity index (χ1) is 10.2. The summed E-state index contributed by atoms with van der Waals surface area (Å²) in [7, 11) is 0. The van der Waals surface area contributed by atoms with Crippen molar-refractivity contribution in [2.75, 3.05) is 24.2 Å². The van der Waals surface area contributed by atoms with Gasteiger partial charge in [0.05, 0.1) is 17.1 Å². The molecule has 110 valence electrons. The molecule has 21 heavy (non-hydrogen) atoms. The van der Waals surface area contributed by atoms with E-state index in [2.05, 4.69) is 22.2 Å². The Morgan fingerprint density at radius 3 is 3.00 bits per heavy atom. The Bertz CT molecular complexity index is 674. The zero-order valence-electron chi connectivity index (χ0n) is 12.1. The van der Waals surface area contributed by atoms with Gasteiger partial charge in [0.25, 0.3) is 0 Å². The van der Waals surface area contributed by atoms with Crippen LogP contribution in [0.25, 0.3) is 10.9 Å². The van der Waals surface area contributed by atoms with Gasteiger partial charge in [0, 0.05) is 29.6 Å². The lowest BCUT2D eigenvalue weighted by atomic mass is 9.96. The topological polar surface area (TPSA) is 59.2 Å². The van der Waals surface area contributed by atoms with E-state index in [4.69, 9.17) is 5.73 Å². The number of aromatic nitrogens is 1. The van der Waals surface area contributed by atoms with Crippen LogP contribution in [0.4, 0.5) is 5.69 Å². The molecule has 1 aliphatic rings. The second-order valence-electron chi connectivity index (χ2n) is 5.38. The van der Waals surface area contributed by atoms with Gasteiger partial charge >= 0.3 is 0 Å². The van der Waals surface area contributed by atoms with E-state index in [-0.39, 0.29) is 11.8 Å². The van der Waals surface area contributed by atoms with E-state index in [1.54, 1.807) is 11.8 Å². The van der Waals surface area contributed by atoms with E-state index >= 15 is 0 Å². The number of nitrogens with zero attached hydrogens (tertiary/aromatic N) is 2. The minimum Gasteiger partial charge on any atom is -0.369 e. The van der Waals surface area contributed by atoms with Gasteiger partial charge in [0.15, 0.2) is 0 Å². The first kappa shape index (κ1) is 14.2. The first-order valence-electron chi connectivity index (χ1n) is 7.16. The number of amides is 1. The van der Waals surface area contributed by atoms with E-state index in [0.29, 0.717) is 6.54 Å². The van der Waals surface area contributed by atoms with Crippen LogP contribution in [0.3, 0.4) is 0 Å². The van der Waals surface area contributed by atoms with Crippen molar-refractivity contribution in [1.82, 2.24) is 4.98 Å². The minimum absolute atomic E-state index is 0.0552. The number of thioether (sulfide) groups is 1. The fraction of sp³-hybridized carbons (Fsp3) is 0.375. The highest BCUT2D eigenvalue weighted by molar-refractivity contribution is 7.98. The Morgan fingerprint density at radius 1 is 1.43 bits per heavy atom. The zero-order valence-corrected chi connectivity index (χ0v) is 12.9. The molecule has 1 amide bonds. The Balaban J connectivity index is 2.07. The van der Waals surface area contributed by atoms with Crippen LogP contribution in [0, 0.1) is 5.92 Å². The molecule has 1 aromatic carbocycles. The first-order valence-corrected chi connectivity index (χ1v) is 8.39. The zero-order chi connectivity index (χ0) is 14.8. The molecule has 3 rings (SSSR count). The number of primary amides is 1. The molecule has 1 saturated heterocycles. The van der Waals surface area contributed by atoms with Crippen molar-refractivity contribution in [2.45, 2.75) is 17.7 Å². The van der Waals surface area contributed by atoms with Crippen molar-refractivity contribution in [3.63, 3.8) is 0 Å². The predicted molar refractivity (Wildman–Crippen MR) is 87.7 cm³/mol. The molecule has 2 N–H and O–H groups in total. The summed E-state index contributed by atoms with van der Waals surface area (Å²) in [5, 5.41) is 1.15. The largest absolute Gasteiger partial charge is 0.369 e. The van der Waals surface area contributed by atoms with Gasteiger partial charge in [0.2, 0.25) is 5.91 Å². The minimum atomic E-state index is -0.191. The van der Waals surface area contributed by atoms with E-state index in [0.717, 1.165) is 35.2 Å². The maximum atomic E-state index is 11.5. The normalized spacial score (nSPS) is 18.9. The summed E-state index contributed by atoms with van der Waals surface area (Å²) in [5.41, 5.74) is 7.69. The van der Waals surface area contributed by atoms with Crippen LogP contribution >= 0.6 is 11.8 Å². The summed E-state index contributed by atoms with van der Waals surface area (Å²) >= 11 is 1.69. The van der Waals surface area contributed by atoms with Crippen molar-refractivity contribution in [3.8, 4) is 0 Å². The monoisotopic (exact) mass is 301 g/mol. The number of nitrogens with two attached hydrogens (primary N) is 1. The lowest BCUT2D eigenvalue weighted by Crippen LogP contribution is -2.41. The smallest absolute Gasteiger partial charge is 0.222 e. The van der Waals surface area contributed by atoms with Gasteiger partial charge in [-0.15, -0.1) is 11.8 Å². The number of carbonyl (C=O) groups is 1. The number of fused-ring (bicyclic) bond motifs is 1. The summed E-state index contributed by atoms with van der Waals surface area (Å²) in [6.07, 6.45) is 5.88. The molecular formula is C16H19N3OS. The van der Waals surface area contributed by atoms with Crippen molar-refractivity contribution in [3.05, 3.63) is 30.5 Å².